The van der Waals surface area contributed by atoms with Gasteiger partial charge in [-0.1, -0.05) is 35.3 Å². The number of carbonyl (C=O) groups is 2. The van der Waals surface area contributed by atoms with Crippen molar-refractivity contribution in [2.24, 2.45) is 5.10 Å². The van der Waals surface area contributed by atoms with Gasteiger partial charge in [-0.2, -0.15) is 5.10 Å². The minimum atomic E-state index is -0.459. The minimum absolute atomic E-state index is 0.241. The van der Waals surface area contributed by atoms with Gasteiger partial charge in [0.1, 0.15) is 21.4 Å². The van der Waals surface area contributed by atoms with Gasteiger partial charge in [-0.05, 0) is 53.4 Å². The van der Waals surface area contributed by atoms with Gasteiger partial charge in [0, 0.05) is 0 Å². The first-order valence-corrected chi connectivity index (χ1v) is 9.91. The van der Waals surface area contributed by atoms with Crippen LogP contribution >= 0.6 is 34.5 Å². The van der Waals surface area contributed by atoms with E-state index < -0.39 is 11.9 Å². The van der Waals surface area contributed by atoms with E-state index >= 15 is 0 Å². The SMILES string of the molecule is O=C(COc1cccc(Cl)c1Cl)NN=Cc1ccc(OC(=O)c2cccs2)cc1. The van der Waals surface area contributed by atoms with Crippen molar-refractivity contribution in [3.63, 3.8) is 0 Å². The van der Waals surface area contributed by atoms with E-state index in [2.05, 4.69) is 10.5 Å². The zero-order valence-electron chi connectivity index (χ0n) is 14.8. The summed E-state index contributed by atoms with van der Waals surface area (Å²) in [6, 6.07) is 15.1. The average Bonchev–Trinajstić information content (AvgIpc) is 3.25. The maximum atomic E-state index is 11.9. The van der Waals surface area contributed by atoms with Crippen molar-refractivity contribution in [3.05, 3.63) is 80.5 Å². The van der Waals surface area contributed by atoms with Crippen LogP contribution < -0.4 is 14.9 Å². The fourth-order valence-corrected chi connectivity index (χ4v) is 3.07. The zero-order valence-corrected chi connectivity index (χ0v) is 17.1. The van der Waals surface area contributed by atoms with Crippen LogP contribution in [0.5, 0.6) is 11.5 Å². The molecule has 148 valence electrons. The molecule has 1 amide bonds. The maximum Gasteiger partial charge on any atom is 0.353 e. The summed E-state index contributed by atoms with van der Waals surface area (Å²) in [6.45, 7) is -0.269. The third-order valence-corrected chi connectivity index (χ3v) is 5.14. The molecule has 29 heavy (non-hydrogen) atoms. The molecular weight excluding hydrogens is 435 g/mol. The van der Waals surface area contributed by atoms with Gasteiger partial charge in [0.2, 0.25) is 0 Å². The molecule has 0 aliphatic heterocycles. The molecule has 1 aromatic heterocycles. The lowest BCUT2D eigenvalue weighted by molar-refractivity contribution is -0.123. The Kier molecular flexibility index (Phi) is 7.24. The summed E-state index contributed by atoms with van der Waals surface area (Å²) in [4.78, 5) is 24.2. The molecule has 1 N–H and O–H groups in total. The molecule has 3 rings (SSSR count). The molecule has 0 bridgehead atoms. The van der Waals surface area contributed by atoms with Gasteiger partial charge in [-0.15, -0.1) is 11.3 Å². The quantitative estimate of drug-likeness (QED) is 0.243. The van der Waals surface area contributed by atoms with E-state index in [-0.39, 0.29) is 11.6 Å². The predicted octanol–water partition coefficient (Wildman–Crippen LogP) is 4.80. The normalized spacial score (nSPS) is 10.7. The summed E-state index contributed by atoms with van der Waals surface area (Å²) in [6.07, 6.45) is 1.45. The smallest absolute Gasteiger partial charge is 0.353 e. The lowest BCUT2D eigenvalue weighted by Crippen LogP contribution is -2.24. The second-order valence-electron chi connectivity index (χ2n) is 5.57. The van der Waals surface area contributed by atoms with Crippen molar-refractivity contribution in [2.75, 3.05) is 6.61 Å². The fourth-order valence-electron chi connectivity index (χ4n) is 2.12. The fraction of sp³-hybridized carbons (Fsp3) is 0.0500. The summed E-state index contributed by atoms with van der Waals surface area (Å²) < 4.78 is 10.6. The Labute approximate surface area is 180 Å². The van der Waals surface area contributed by atoms with Gasteiger partial charge in [-0.25, -0.2) is 10.2 Å². The summed E-state index contributed by atoms with van der Waals surface area (Å²) in [5.41, 5.74) is 3.05. The average molecular weight is 449 g/mol. The second kappa shape index (κ2) is 10.1. The van der Waals surface area contributed by atoms with Gasteiger partial charge in [0.15, 0.2) is 6.61 Å². The van der Waals surface area contributed by atoms with E-state index in [1.54, 1.807) is 60.0 Å². The molecule has 0 fully saturated rings. The number of hydrogen-bond donors (Lipinski definition) is 1. The molecule has 0 radical (unpaired) electrons. The molecule has 0 aliphatic carbocycles. The number of amides is 1. The Morgan fingerprint density at radius 2 is 1.86 bits per heavy atom. The largest absolute Gasteiger partial charge is 0.482 e. The summed E-state index contributed by atoms with van der Waals surface area (Å²) in [7, 11) is 0. The second-order valence-corrected chi connectivity index (χ2v) is 7.30. The van der Waals surface area contributed by atoms with E-state index in [4.69, 9.17) is 32.7 Å². The first-order chi connectivity index (χ1) is 14.0. The Morgan fingerprint density at radius 3 is 2.59 bits per heavy atom. The molecule has 0 spiro atoms. The van der Waals surface area contributed by atoms with Crippen LogP contribution in [0.15, 0.2) is 65.1 Å². The number of nitrogens with zero attached hydrogens (tertiary/aromatic N) is 1. The maximum absolute atomic E-state index is 11.9. The van der Waals surface area contributed by atoms with Crippen LogP contribution in [0.3, 0.4) is 0 Å². The lowest BCUT2D eigenvalue weighted by atomic mass is 10.2. The van der Waals surface area contributed by atoms with Gasteiger partial charge in [-0.3, -0.25) is 4.79 Å². The number of carbonyl (C=O) groups excluding carboxylic acids is 2. The Morgan fingerprint density at radius 1 is 1.07 bits per heavy atom. The van der Waals surface area contributed by atoms with E-state index in [0.29, 0.717) is 27.0 Å². The standard InChI is InChI=1S/C20H14Cl2N2O4S/c21-15-3-1-4-16(19(15)22)27-12-18(25)24-23-11-13-6-8-14(9-7-13)28-20(26)17-5-2-10-29-17/h1-11H,12H2,(H,24,25). The molecule has 9 heteroatoms. The molecule has 0 aliphatic rings. The molecule has 3 aromatic rings. The predicted molar refractivity (Wildman–Crippen MR) is 113 cm³/mol. The number of benzene rings is 2. The number of ether oxygens (including phenoxy) is 2. The van der Waals surface area contributed by atoms with Crippen LogP contribution in [-0.2, 0) is 4.79 Å². The molecule has 6 nitrogen and oxygen atoms in total. The molecule has 0 unspecified atom stereocenters. The first-order valence-electron chi connectivity index (χ1n) is 8.27. The van der Waals surface area contributed by atoms with E-state index in [0.717, 1.165) is 0 Å². The van der Waals surface area contributed by atoms with Gasteiger partial charge in [0.25, 0.3) is 5.91 Å². The van der Waals surface area contributed by atoms with Crippen molar-refractivity contribution < 1.29 is 19.1 Å². The third kappa shape index (κ3) is 6.05. The highest BCUT2D eigenvalue weighted by Crippen LogP contribution is 2.31. The number of nitrogens with one attached hydrogen (secondary N) is 1. The van der Waals surface area contributed by atoms with Crippen molar-refractivity contribution in [3.8, 4) is 11.5 Å². The monoisotopic (exact) mass is 448 g/mol. The number of esters is 1. The zero-order chi connectivity index (χ0) is 20.6. The van der Waals surface area contributed by atoms with Crippen molar-refractivity contribution in [1.29, 1.82) is 0 Å². The molecule has 0 saturated heterocycles. The van der Waals surface area contributed by atoms with Crippen LogP contribution in [0.1, 0.15) is 15.2 Å². The van der Waals surface area contributed by atoms with Crippen LogP contribution in [0, 0.1) is 0 Å². The van der Waals surface area contributed by atoms with Crippen LogP contribution in [0.4, 0.5) is 0 Å². The van der Waals surface area contributed by atoms with E-state index in [1.807, 2.05) is 0 Å². The van der Waals surface area contributed by atoms with Gasteiger partial charge < -0.3 is 9.47 Å². The lowest BCUT2D eigenvalue weighted by Gasteiger charge is -2.07. The Bertz CT molecular complexity index is 1020. The van der Waals surface area contributed by atoms with E-state index in [9.17, 15) is 9.59 Å². The van der Waals surface area contributed by atoms with Crippen molar-refractivity contribution >= 4 is 52.6 Å². The van der Waals surface area contributed by atoms with Crippen LogP contribution in [0.25, 0.3) is 0 Å². The van der Waals surface area contributed by atoms with Gasteiger partial charge in [0.05, 0.1) is 11.2 Å². The third-order valence-electron chi connectivity index (χ3n) is 3.49. The Hall–Kier alpha value is -2.87. The number of halogens is 2. The molecular formula is C20H14Cl2N2O4S. The topological polar surface area (TPSA) is 77.0 Å². The highest BCUT2D eigenvalue weighted by atomic mass is 35.5. The summed E-state index contributed by atoms with van der Waals surface area (Å²) in [5.74, 6) is -0.144. The molecule has 0 saturated carbocycles. The van der Waals surface area contributed by atoms with Crippen molar-refractivity contribution in [1.82, 2.24) is 5.43 Å². The number of hydrazone groups is 1. The Balaban J connectivity index is 1.46. The minimum Gasteiger partial charge on any atom is -0.482 e. The number of hydrogen-bond acceptors (Lipinski definition) is 6. The van der Waals surface area contributed by atoms with E-state index in [1.165, 1.54) is 17.6 Å². The highest BCUT2D eigenvalue weighted by molar-refractivity contribution is 7.12. The van der Waals surface area contributed by atoms with Crippen LogP contribution in [0.2, 0.25) is 10.0 Å². The first kappa shape index (κ1) is 20.9. The summed E-state index contributed by atoms with van der Waals surface area (Å²) >= 11 is 13.2. The van der Waals surface area contributed by atoms with Gasteiger partial charge >= 0.3 is 5.97 Å². The van der Waals surface area contributed by atoms with Crippen LogP contribution in [-0.4, -0.2) is 24.7 Å². The number of rotatable bonds is 7. The van der Waals surface area contributed by atoms with Crippen molar-refractivity contribution in [2.45, 2.75) is 0 Å². The summed E-state index contributed by atoms with van der Waals surface area (Å²) in [5, 5.41) is 6.24. The molecule has 1 heterocycles. The molecule has 0 atom stereocenters. The number of thiophene rings is 1. The highest BCUT2D eigenvalue weighted by Gasteiger charge is 2.09. The molecule has 2 aromatic carbocycles.